The monoisotopic (exact) mass is 569 g/mol. The molecule has 3 aromatic rings. The number of anilines is 1. The predicted octanol–water partition coefficient (Wildman–Crippen LogP) is 3.15. The molecular weight excluding hydrogens is 530 g/mol. The van der Waals surface area contributed by atoms with Crippen LogP contribution in [0.25, 0.3) is 0 Å². The minimum atomic E-state index is -0.837. The second-order valence-corrected chi connectivity index (χ2v) is 10.6. The second-order valence-electron chi connectivity index (χ2n) is 10.6. The van der Waals surface area contributed by atoms with Gasteiger partial charge in [-0.3, -0.25) is 24.2 Å². The number of carbonyl (C=O) groups excluding carboxylic acids is 3. The molecular formula is C33H39N5O4. The fourth-order valence-electron chi connectivity index (χ4n) is 5.75. The zero-order chi connectivity index (χ0) is 29.3. The first kappa shape index (κ1) is 29.3. The van der Waals surface area contributed by atoms with Gasteiger partial charge in [-0.1, -0.05) is 60.7 Å². The molecule has 2 N–H and O–H groups in total. The van der Waals surface area contributed by atoms with Crippen LogP contribution in [0.2, 0.25) is 0 Å². The van der Waals surface area contributed by atoms with E-state index in [4.69, 9.17) is 4.74 Å². The van der Waals surface area contributed by atoms with E-state index in [-0.39, 0.29) is 36.7 Å². The van der Waals surface area contributed by atoms with Crippen molar-refractivity contribution in [3.05, 3.63) is 96.1 Å². The van der Waals surface area contributed by atoms with E-state index in [1.165, 1.54) is 11.1 Å². The van der Waals surface area contributed by atoms with Crippen molar-refractivity contribution in [3.63, 3.8) is 0 Å². The summed E-state index contributed by atoms with van der Waals surface area (Å²) in [6, 6.07) is 27.4. The lowest BCUT2D eigenvalue weighted by atomic mass is 9.96. The smallest absolute Gasteiger partial charge is 0.243 e. The number of rotatable bonds is 10. The number of nitrogens with one attached hydrogen (secondary N) is 2. The van der Waals surface area contributed by atoms with Gasteiger partial charge in [-0.05, 0) is 42.3 Å². The molecule has 2 saturated heterocycles. The summed E-state index contributed by atoms with van der Waals surface area (Å²) in [5.41, 5.74) is 3.11. The average molecular weight is 570 g/mol. The van der Waals surface area contributed by atoms with Gasteiger partial charge in [-0.15, -0.1) is 0 Å². The van der Waals surface area contributed by atoms with E-state index >= 15 is 0 Å². The van der Waals surface area contributed by atoms with E-state index in [9.17, 15) is 14.4 Å². The van der Waals surface area contributed by atoms with Crippen LogP contribution in [0.5, 0.6) is 5.75 Å². The molecule has 3 aromatic carbocycles. The van der Waals surface area contributed by atoms with Gasteiger partial charge in [0.05, 0.1) is 25.6 Å². The third-order valence-electron chi connectivity index (χ3n) is 7.84. The van der Waals surface area contributed by atoms with Crippen LogP contribution >= 0.6 is 0 Å². The standard InChI is InChI=1S/C33H39N5O4/c1-2-42-28-15-13-27(14-16-28)35-30(39)23-29-33(41)34-17-18-38(29)31(40)24-36-19-21-37(22-20-36)32(25-9-5-3-6-10-25)26-11-7-4-8-12-26/h3-16,29,32H,2,17-24H2,1H3,(H,34,41)(H,35,39)/t29-/m1/s1. The molecule has 9 nitrogen and oxygen atoms in total. The van der Waals surface area contributed by atoms with Gasteiger partial charge < -0.3 is 20.3 Å². The minimum Gasteiger partial charge on any atom is -0.494 e. The van der Waals surface area contributed by atoms with Crippen molar-refractivity contribution in [2.24, 2.45) is 0 Å². The van der Waals surface area contributed by atoms with Crippen LogP contribution in [0.4, 0.5) is 5.69 Å². The first-order valence-electron chi connectivity index (χ1n) is 14.7. The van der Waals surface area contributed by atoms with Crippen LogP contribution in [-0.2, 0) is 14.4 Å². The average Bonchev–Trinajstić information content (AvgIpc) is 3.01. The van der Waals surface area contributed by atoms with E-state index < -0.39 is 6.04 Å². The van der Waals surface area contributed by atoms with Gasteiger partial charge in [0, 0.05) is 45.0 Å². The lowest BCUT2D eigenvalue weighted by Crippen LogP contribution is -2.60. The van der Waals surface area contributed by atoms with Gasteiger partial charge in [0.2, 0.25) is 17.7 Å². The predicted molar refractivity (Wildman–Crippen MR) is 162 cm³/mol. The molecule has 0 bridgehead atoms. The van der Waals surface area contributed by atoms with E-state index in [0.717, 1.165) is 31.9 Å². The highest BCUT2D eigenvalue weighted by Gasteiger charge is 2.36. The third-order valence-corrected chi connectivity index (χ3v) is 7.84. The van der Waals surface area contributed by atoms with Crippen LogP contribution in [0.1, 0.15) is 30.5 Å². The molecule has 42 heavy (non-hydrogen) atoms. The molecule has 0 aliphatic carbocycles. The maximum Gasteiger partial charge on any atom is 0.243 e. The van der Waals surface area contributed by atoms with E-state index in [1.807, 2.05) is 19.1 Å². The fraction of sp³-hybridized carbons (Fsp3) is 0.364. The molecule has 0 radical (unpaired) electrons. The summed E-state index contributed by atoms with van der Waals surface area (Å²) in [5.74, 6) is -0.0226. The van der Waals surface area contributed by atoms with Gasteiger partial charge in [-0.2, -0.15) is 0 Å². The van der Waals surface area contributed by atoms with Crippen LogP contribution in [0.15, 0.2) is 84.9 Å². The van der Waals surface area contributed by atoms with E-state index in [1.54, 1.807) is 29.2 Å². The van der Waals surface area contributed by atoms with Crippen molar-refractivity contribution < 1.29 is 19.1 Å². The minimum absolute atomic E-state index is 0.103. The first-order valence-corrected chi connectivity index (χ1v) is 14.7. The molecule has 5 rings (SSSR count). The molecule has 0 aromatic heterocycles. The summed E-state index contributed by atoms with van der Waals surface area (Å²) in [6.45, 7) is 6.57. The van der Waals surface area contributed by atoms with Gasteiger partial charge in [0.15, 0.2) is 0 Å². The summed E-state index contributed by atoms with van der Waals surface area (Å²) in [6.07, 6.45) is -0.103. The van der Waals surface area contributed by atoms with Crippen molar-refractivity contribution in [1.82, 2.24) is 20.0 Å². The van der Waals surface area contributed by atoms with Gasteiger partial charge in [0.25, 0.3) is 0 Å². The number of hydrogen-bond acceptors (Lipinski definition) is 6. The highest BCUT2D eigenvalue weighted by Crippen LogP contribution is 2.29. The summed E-state index contributed by atoms with van der Waals surface area (Å²) in [7, 11) is 0. The Hall–Kier alpha value is -4.21. The normalized spacial score (nSPS) is 18.0. The SMILES string of the molecule is CCOc1ccc(NC(=O)C[C@@H]2C(=O)NCCN2C(=O)CN2CCN(C(c3ccccc3)c3ccccc3)CC2)cc1. The fourth-order valence-corrected chi connectivity index (χ4v) is 5.75. The zero-order valence-electron chi connectivity index (χ0n) is 24.1. The Balaban J connectivity index is 1.18. The molecule has 2 fully saturated rings. The molecule has 220 valence electrons. The number of piperazine rings is 2. The number of benzene rings is 3. The number of nitrogens with zero attached hydrogens (tertiary/aromatic N) is 3. The Kier molecular flexibility index (Phi) is 9.84. The molecule has 0 unspecified atom stereocenters. The molecule has 2 aliphatic rings. The maximum absolute atomic E-state index is 13.5. The van der Waals surface area contributed by atoms with Crippen molar-refractivity contribution in [3.8, 4) is 5.75 Å². The van der Waals surface area contributed by atoms with Gasteiger partial charge >= 0.3 is 0 Å². The van der Waals surface area contributed by atoms with Crippen molar-refractivity contribution >= 4 is 23.4 Å². The second kappa shape index (κ2) is 14.1. The van der Waals surface area contributed by atoms with Crippen molar-refractivity contribution in [2.75, 3.05) is 57.7 Å². The number of amides is 3. The van der Waals surface area contributed by atoms with Crippen LogP contribution in [0, 0.1) is 0 Å². The third kappa shape index (κ3) is 7.35. The Morgan fingerprint density at radius 3 is 2.10 bits per heavy atom. The molecule has 2 aliphatic heterocycles. The lowest BCUT2D eigenvalue weighted by molar-refractivity contribution is -0.145. The molecule has 0 spiro atoms. The largest absolute Gasteiger partial charge is 0.494 e. The summed E-state index contributed by atoms with van der Waals surface area (Å²) in [4.78, 5) is 45.3. The molecule has 1 atom stereocenters. The Morgan fingerprint density at radius 1 is 0.881 bits per heavy atom. The molecule has 9 heteroatoms. The summed E-state index contributed by atoms with van der Waals surface area (Å²) >= 11 is 0. The highest BCUT2D eigenvalue weighted by molar-refractivity contribution is 5.97. The van der Waals surface area contributed by atoms with Gasteiger partial charge in [0.1, 0.15) is 11.8 Å². The zero-order valence-corrected chi connectivity index (χ0v) is 24.1. The van der Waals surface area contributed by atoms with Gasteiger partial charge in [-0.25, -0.2) is 0 Å². The molecule has 2 heterocycles. The van der Waals surface area contributed by atoms with Crippen molar-refractivity contribution in [1.29, 1.82) is 0 Å². The van der Waals surface area contributed by atoms with Crippen molar-refractivity contribution in [2.45, 2.75) is 25.4 Å². The Bertz CT molecular complexity index is 1290. The first-order chi connectivity index (χ1) is 20.5. The highest BCUT2D eigenvalue weighted by atomic mass is 16.5. The van der Waals surface area contributed by atoms with Crippen LogP contribution in [-0.4, -0.2) is 90.9 Å². The number of ether oxygens (including phenoxy) is 1. The lowest BCUT2D eigenvalue weighted by Gasteiger charge is -2.41. The van der Waals surface area contributed by atoms with E-state index in [0.29, 0.717) is 25.4 Å². The maximum atomic E-state index is 13.5. The van der Waals surface area contributed by atoms with Crippen LogP contribution < -0.4 is 15.4 Å². The van der Waals surface area contributed by atoms with Crippen LogP contribution in [0.3, 0.4) is 0 Å². The Morgan fingerprint density at radius 2 is 1.50 bits per heavy atom. The quantitative estimate of drug-likeness (QED) is 0.390. The molecule has 0 saturated carbocycles. The summed E-state index contributed by atoms with van der Waals surface area (Å²) in [5, 5.41) is 5.64. The topological polar surface area (TPSA) is 94.2 Å². The number of hydrogen-bond donors (Lipinski definition) is 2. The van der Waals surface area contributed by atoms with E-state index in [2.05, 4.69) is 69.0 Å². The summed E-state index contributed by atoms with van der Waals surface area (Å²) < 4.78 is 5.45. The Labute approximate surface area is 247 Å². The number of carbonyl (C=O) groups is 3. The molecule has 3 amide bonds.